The highest BCUT2D eigenvalue weighted by Gasteiger charge is 2.41. The summed E-state index contributed by atoms with van der Waals surface area (Å²) in [4.78, 5) is 6.99. The van der Waals surface area contributed by atoms with Crippen molar-refractivity contribution in [2.24, 2.45) is 0 Å². The number of aryl methyl sites for hydroxylation is 2. The predicted octanol–water partition coefficient (Wildman–Crippen LogP) is 5.49. The van der Waals surface area contributed by atoms with E-state index in [9.17, 15) is 0 Å². The van der Waals surface area contributed by atoms with Crippen LogP contribution in [-0.4, -0.2) is 26.1 Å². The van der Waals surface area contributed by atoms with Gasteiger partial charge in [0.2, 0.25) is 0 Å². The second-order valence-electron chi connectivity index (χ2n) is 8.20. The van der Waals surface area contributed by atoms with E-state index < -0.39 is 0 Å². The van der Waals surface area contributed by atoms with Crippen molar-refractivity contribution in [1.82, 2.24) is 19.8 Å². The third-order valence-electron chi connectivity index (χ3n) is 6.27. The van der Waals surface area contributed by atoms with E-state index in [1.54, 1.807) is 0 Å². The van der Waals surface area contributed by atoms with Gasteiger partial charge in [-0.2, -0.15) is 0 Å². The van der Waals surface area contributed by atoms with Gasteiger partial charge in [-0.15, -0.1) is 0 Å². The fourth-order valence-corrected chi connectivity index (χ4v) is 4.99. The maximum atomic E-state index is 5.75. The molecule has 4 nitrogen and oxygen atoms in total. The van der Waals surface area contributed by atoms with E-state index in [-0.39, 0.29) is 12.1 Å². The molecule has 30 heavy (non-hydrogen) atoms. The Kier molecular flexibility index (Phi) is 5.65. The molecule has 1 saturated heterocycles. The van der Waals surface area contributed by atoms with E-state index in [0.717, 1.165) is 23.8 Å². The van der Waals surface area contributed by atoms with Gasteiger partial charge in [0, 0.05) is 29.8 Å². The first-order valence-electron chi connectivity index (χ1n) is 10.7. The topological polar surface area (TPSA) is 33.1 Å². The second-order valence-corrected chi connectivity index (χ2v) is 8.59. The van der Waals surface area contributed by atoms with Crippen LogP contribution in [-0.2, 0) is 0 Å². The molecule has 0 bridgehead atoms. The molecular formula is C25H30N4S. The number of rotatable bonds is 5. The largest absolute Gasteiger partial charge is 0.352 e. The van der Waals surface area contributed by atoms with Gasteiger partial charge in [0.15, 0.2) is 5.11 Å². The normalized spacial score (nSPS) is 18.7. The molecule has 0 amide bonds. The van der Waals surface area contributed by atoms with Crippen molar-refractivity contribution in [1.29, 1.82) is 0 Å². The number of nitrogens with zero attached hydrogens (tertiary/aromatic N) is 3. The molecule has 1 fully saturated rings. The molecule has 0 spiro atoms. The molecule has 5 heteroatoms. The second kappa shape index (κ2) is 8.23. The third kappa shape index (κ3) is 3.41. The minimum atomic E-state index is 0.0396. The Morgan fingerprint density at radius 3 is 2.57 bits per heavy atom. The van der Waals surface area contributed by atoms with Crippen molar-refractivity contribution >= 4 is 17.3 Å². The molecule has 0 aliphatic carbocycles. The first-order chi connectivity index (χ1) is 14.4. The van der Waals surface area contributed by atoms with Crippen LogP contribution in [0.2, 0.25) is 0 Å². The van der Waals surface area contributed by atoms with Crippen LogP contribution in [0, 0.1) is 27.7 Å². The predicted molar refractivity (Wildman–Crippen MR) is 127 cm³/mol. The van der Waals surface area contributed by atoms with Gasteiger partial charge in [-0.3, -0.25) is 4.98 Å². The lowest BCUT2D eigenvalue weighted by atomic mass is 9.96. The monoisotopic (exact) mass is 418 g/mol. The number of thiocarbonyl (C=S) groups is 1. The highest BCUT2D eigenvalue weighted by Crippen LogP contribution is 2.41. The molecule has 1 aromatic carbocycles. The van der Waals surface area contributed by atoms with Crippen LogP contribution in [0.15, 0.2) is 48.7 Å². The summed E-state index contributed by atoms with van der Waals surface area (Å²) in [6, 6.07) is 15.1. The molecule has 0 saturated carbocycles. The van der Waals surface area contributed by atoms with Crippen molar-refractivity contribution in [3.63, 3.8) is 0 Å². The van der Waals surface area contributed by atoms with Crippen LogP contribution in [0.3, 0.4) is 0 Å². The molecule has 0 unspecified atom stereocenters. The van der Waals surface area contributed by atoms with Crippen molar-refractivity contribution < 1.29 is 0 Å². The fraction of sp³-hybridized carbons (Fsp3) is 0.360. The number of benzene rings is 1. The fourth-order valence-electron chi connectivity index (χ4n) is 4.66. The molecule has 1 aliphatic heterocycles. The zero-order chi connectivity index (χ0) is 21.4. The molecule has 3 heterocycles. The highest BCUT2D eigenvalue weighted by atomic mass is 32.1. The van der Waals surface area contributed by atoms with Gasteiger partial charge in [-0.25, -0.2) is 0 Å². The van der Waals surface area contributed by atoms with Crippen LogP contribution in [0.25, 0.3) is 5.69 Å². The molecule has 4 rings (SSSR count). The minimum Gasteiger partial charge on any atom is -0.352 e. The Bertz CT molecular complexity index is 1070. The lowest BCUT2D eigenvalue weighted by Crippen LogP contribution is -2.30. The Balaban J connectivity index is 1.86. The Hall–Kier alpha value is -2.66. The maximum Gasteiger partial charge on any atom is 0.170 e. The Morgan fingerprint density at radius 1 is 1.07 bits per heavy atom. The summed E-state index contributed by atoms with van der Waals surface area (Å²) in [6.45, 7) is 11.9. The van der Waals surface area contributed by atoms with Gasteiger partial charge in [0.05, 0.1) is 17.8 Å². The molecule has 2 aromatic heterocycles. The highest BCUT2D eigenvalue weighted by molar-refractivity contribution is 7.80. The zero-order valence-electron chi connectivity index (χ0n) is 18.4. The van der Waals surface area contributed by atoms with E-state index in [2.05, 4.69) is 84.7 Å². The molecule has 3 aromatic rings. The van der Waals surface area contributed by atoms with Crippen LogP contribution < -0.4 is 5.32 Å². The van der Waals surface area contributed by atoms with Crippen LogP contribution in [0.4, 0.5) is 0 Å². The molecule has 156 valence electrons. The summed E-state index contributed by atoms with van der Waals surface area (Å²) in [5.41, 5.74) is 8.72. The smallest absolute Gasteiger partial charge is 0.170 e. The molecular weight excluding hydrogens is 388 g/mol. The van der Waals surface area contributed by atoms with Crippen molar-refractivity contribution in [3.8, 4) is 5.69 Å². The average Bonchev–Trinajstić information content (AvgIpc) is 3.21. The lowest BCUT2D eigenvalue weighted by molar-refractivity contribution is 0.316. The minimum absolute atomic E-state index is 0.0396. The van der Waals surface area contributed by atoms with E-state index in [4.69, 9.17) is 12.2 Å². The van der Waals surface area contributed by atoms with E-state index >= 15 is 0 Å². The van der Waals surface area contributed by atoms with Gasteiger partial charge >= 0.3 is 0 Å². The van der Waals surface area contributed by atoms with Crippen LogP contribution >= 0.6 is 12.2 Å². The van der Waals surface area contributed by atoms with E-state index in [1.807, 2.05) is 18.3 Å². The summed E-state index contributed by atoms with van der Waals surface area (Å²) >= 11 is 5.75. The summed E-state index contributed by atoms with van der Waals surface area (Å²) < 4.78 is 2.39. The van der Waals surface area contributed by atoms with Gasteiger partial charge in [-0.1, -0.05) is 25.1 Å². The number of aromatic nitrogens is 2. The molecule has 0 radical (unpaired) electrons. The van der Waals surface area contributed by atoms with Crippen molar-refractivity contribution in [2.75, 3.05) is 6.54 Å². The van der Waals surface area contributed by atoms with Gasteiger partial charge < -0.3 is 14.8 Å². The lowest BCUT2D eigenvalue weighted by Gasteiger charge is -2.28. The summed E-state index contributed by atoms with van der Waals surface area (Å²) in [6.07, 6.45) is 2.90. The van der Waals surface area contributed by atoms with Crippen molar-refractivity contribution in [3.05, 3.63) is 82.4 Å². The molecule has 2 atom stereocenters. The van der Waals surface area contributed by atoms with Gasteiger partial charge in [0.1, 0.15) is 0 Å². The van der Waals surface area contributed by atoms with Crippen LogP contribution in [0.1, 0.15) is 59.2 Å². The Labute approximate surface area is 184 Å². The first kappa shape index (κ1) is 20.6. The van der Waals surface area contributed by atoms with E-state index in [0.29, 0.717) is 0 Å². The average molecular weight is 419 g/mol. The number of hydrogen-bond donors (Lipinski definition) is 1. The standard InChI is InChI=1S/C25H30N4S/c1-6-14-28-24(23(27-25(28)30)21-11-7-8-13-26-21)20-15-17(3)29(19(20)5)22-12-9-10-16(2)18(22)4/h7-13,15,23-24H,6,14H2,1-5H3,(H,27,30)/t23-,24+/m1/s1. The molecule has 1 N–H and O–H groups in total. The van der Waals surface area contributed by atoms with Crippen LogP contribution in [0.5, 0.6) is 0 Å². The SMILES string of the molecule is CCCN1C(=S)N[C@H](c2ccccn2)[C@@H]1c1cc(C)n(-c2cccc(C)c2C)c1C. The quantitative estimate of drug-likeness (QED) is 0.556. The first-order valence-corrected chi connectivity index (χ1v) is 11.1. The Morgan fingerprint density at radius 2 is 1.87 bits per heavy atom. The summed E-state index contributed by atoms with van der Waals surface area (Å²) in [5, 5.41) is 4.37. The van der Waals surface area contributed by atoms with Gasteiger partial charge in [-0.05, 0) is 87.3 Å². The van der Waals surface area contributed by atoms with E-state index in [1.165, 1.54) is 33.8 Å². The van der Waals surface area contributed by atoms with Gasteiger partial charge in [0.25, 0.3) is 0 Å². The number of hydrogen-bond acceptors (Lipinski definition) is 2. The number of pyridine rings is 1. The maximum absolute atomic E-state index is 5.75. The molecule has 1 aliphatic rings. The van der Waals surface area contributed by atoms with Crippen molar-refractivity contribution in [2.45, 2.75) is 53.1 Å². The summed E-state index contributed by atoms with van der Waals surface area (Å²) in [5.74, 6) is 0. The zero-order valence-corrected chi connectivity index (χ0v) is 19.3. The number of nitrogens with one attached hydrogen (secondary N) is 1. The summed E-state index contributed by atoms with van der Waals surface area (Å²) in [7, 11) is 0. The third-order valence-corrected chi connectivity index (χ3v) is 6.62.